The summed E-state index contributed by atoms with van der Waals surface area (Å²) >= 11 is 3.42. The first-order chi connectivity index (χ1) is 12.1. The SMILES string of the molecule is COc1ccc(/C=N\N2C(=O)[C@@H]3[C@@H](C2=O)[C@H]2C=C[C@H]3C23CC3)cc1Br. The number of carbonyl (C=O) groups is 2. The molecule has 1 aliphatic heterocycles. The number of hydrogen-bond donors (Lipinski definition) is 0. The molecule has 0 radical (unpaired) electrons. The zero-order valence-corrected chi connectivity index (χ0v) is 15.3. The molecule has 1 heterocycles. The number of hydrogen-bond acceptors (Lipinski definition) is 4. The fraction of sp³-hybridized carbons (Fsp3) is 0.421. The highest BCUT2D eigenvalue weighted by Gasteiger charge is 2.73. The van der Waals surface area contributed by atoms with E-state index in [2.05, 4.69) is 33.2 Å². The summed E-state index contributed by atoms with van der Waals surface area (Å²) in [6.07, 6.45) is 8.18. The van der Waals surface area contributed by atoms with Crippen molar-refractivity contribution in [2.24, 2.45) is 34.2 Å². The number of carbonyl (C=O) groups excluding carboxylic acids is 2. The quantitative estimate of drug-likeness (QED) is 0.445. The first kappa shape index (κ1) is 15.3. The van der Waals surface area contributed by atoms with E-state index >= 15 is 0 Å². The smallest absolute Gasteiger partial charge is 0.254 e. The molecule has 2 saturated carbocycles. The maximum atomic E-state index is 12.8. The Labute approximate surface area is 153 Å². The van der Waals surface area contributed by atoms with Gasteiger partial charge in [-0.3, -0.25) is 9.59 Å². The fourth-order valence-electron chi connectivity index (χ4n) is 5.06. The number of hydrazone groups is 1. The summed E-state index contributed by atoms with van der Waals surface area (Å²) in [5.41, 5.74) is 1.02. The molecule has 4 aliphatic rings. The molecule has 0 aromatic heterocycles. The highest BCUT2D eigenvalue weighted by molar-refractivity contribution is 9.10. The number of amides is 2. The molecule has 1 aromatic carbocycles. The molecule has 3 aliphatic carbocycles. The molecule has 5 rings (SSSR count). The van der Waals surface area contributed by atoms with E-state index in [0.29, 0.717) is 0 Å². The van der Waals surface area contributed by atoms with Crippen molar-refractivity contribution < 1.29 is 14.3 Å². The van der Waals surface area contributed by atoms with E-state index in [1.54, 1.807) is 13.3 Å². The predicted molar refractivity (Wildman–Crippen MR) is 94.9 cm³/mol. The van der Waals surface area contributed by atoms with Crippen LogP contribution in [0.4, 0.5) is 0 Å². The molecule has 25 heavy (non-hydrogen) atoms. The van der Waals surface area contributed by atoms with E-state index in [1.165, 1.54) is 0 Å². The Hall–Kier alpha value is -1.95. The lowest BCUT2D eigenvalue weighted by molar-refractivity contribution is -0.141. The second-order valence-electron chi connectivity index (χ2n) is 7.35. The van der Waals surface area contributed by atoms with Crippen molar-refractivity contribution in [2.45, 2.75) is 12.8 Å². The predicted octanol–water partition coefficient (Wildman–Crippen LogP) is 2.99. The lowest BCUT2D eigenvalue weighted by Crippen LogP contribution is -2.30. The number of rotatable bonds is 3. The number of benzene rings is 1. The van der Waals surface area contributed by atoms with E-state index in [0.717, 1.165) is 33.6 Å². The molecule has 128 valence electrons. The van der Waals surface area contributed by atoms with Crippen LogP contribution in [0.2, 0.25) is 0 Å². The minimum Gasteiger partial charge on any atom is -0.496 e. The second kappa shape index (κ2) is 5.04. The minimum absolute atomic E-state index is 0.137. The van der Waals surface area contributed by atoms with E-state index < -0.39 is 0 Å². The number of nitrogens with zero attached hydrogens (tertiary/aromatic N) is 2. The molecule has 1 aromatic rings. The van der Waals surface area contributed by atoms with Crippen LogP contribution in [0.5, 0.6) is 5.75 Å². The molecule has 0 N–H and O–H groups in total. The van der Waals surface area contributed by atoms with Gasteiger partial charge in [-0.1, -0.05) is 12.2 Å². The first-order valence-electron chi connectivity index (χ1n) is 8.50. The normalized spacial score (nSPS) is 33.8. The number of fused-ring (bicyclic) bond motifs is 3. The molecule has 4 atom stereocenters. The number of halogens is 1. The first-order valence-corrected chi connectivity index (χ1v) is 9.30. The van der Waals surface area contributed by atoms with E-state index in [-0.39, 0.29) is 40.9 Å². The molecule has 2 amide bonds. The Morgan fingerprint density at radius 2 is 1.84 bits per heavy atom. The Balaban J connectivity index is 1.41. The van der Waals surface area contributed by atoms with Gasteiger partial charge in [0, 0.05) is 0 Å². The number of methoxy groups -OCH3 is 1. The molecular formula is C19H17BrN2O3. The molecule has 1 spiro atoms. The van der Waals surface area contributed by atoms with E-state index in [4.69, 9.17) is 4.74 Å². The molecule has 0 unspecified atom stereocenters. The molecule has 6 heteroatoms. The van der Waals surface area contributed by atoms with Gasteiger partial charge in [0.25, 0.3) is 11.8 Å². The van der Waals surface area contributed by atoms with Crippen LogP contribution < -0.4 is 4.74 Å². The topological polar surface area (TPSA) is 59.0 Å². The van der Waals surface area contributed by atoms with Crippen LogP contribution in [0.15, 0.2) is 39.9 Å². The van der Waals surface area contributed by atoms with Crippen LogP contribution in [-0.4, -0.2) is 30.1 Å². The van der Waals surface area contributed by atoms with Crippen LogP contribution in [0.25, 0.3) is 0 Å². The maximum Gasteiger partial charge on any atom is 0.254 e. The van der Waals surface area contributed by atoms with E-state index in [9.17, 15) is 9.59 Å². The molecule has 2 bridgehead atoms. The summed E-state index contributed by atoms with van der Waals surface area (Å²) in [7, 11) is 1.60. The van der Waals surface area contributed by atoms with Crippen LogP contribution in [0.3, 0.4) is 0 Å². The van der Waals surface area contributed by atoms with Crippen molar-refractivity contribution in [2.75, 3.05) is 7.11 Å². The third-order valence-electron chi connectivity index (χ3n) is 6.33. The number of imide groups is 1. The third-order valence-corrected chi connectivity index (χ3v) is 6.95. The van der Waals surface area contributed by atoms with Crippen LogP contribution >= 0.6 is 15.9 Å². The fourth-order valence-corrected chi connectivity index (χ4v) is 5.62. The Bertz CT molecular complexity index is 824. The standard InChI is InChI=1S/C19H17BrN2O3/c1-25-14-5-2-10(8-13(14)20)9-21-22-17(23)15-11-3-4-12(16(15)18(22)24)19(11)6-7-19/h2-5,8-9,11-12,15-16H,6-7H2,1H3/b21-9-/t11-,12-,15+,16+/m1/s1. The largest absolute Gasteiger partial charge is 0.496 e. The molecule has 5 nitrogen and oxygen atoms in total. The van der Waals surface area contributed by atoms with Gasteiger partial charge in [-0.2, -0.15) is 10.1 Å². The zero-order chi connectivity index (χ0) is 17.3. The molecule has 3 fully saturated rings. The molecular weight excluding hydrogens is 384 g/mol. The summed E-state index contributed by atoms with van der Waals surface area (Å²) in [5.74, 6) is 0.499. The lowest BCUT2D eigenvalue weighted by Gasteiger charge is -2.18. The summed E-state index contributed by atoms with van der Waals surface area (Å²) < 4.78 is 6.00. The van der Waals surface area contributed by atoms with Gasteiger partial charge in [0.2, 0.25) is 0 Å². The van der Waals surface area contributed by atoms with Gasteiger partial charge in [-0.25, -0.2) is 0 Å². The Morgan fingerprint density at radius 3 is 2.36 bits per heavy atom. The van der Waals surface area contributed by atoms with Gasteiger partial charge >= 0.3 is 0 Å². The number of ether oxygens (including phenoxy) is 1. The maximum absolute atomic E-state index is 12.8. The van der Waals surface area contributed by atoms with Gasteiger partial charge in [-0.05, 0) is 69.8 Å². The average molecular weight is 401 g/mol. The summed E-state index contributed by atoms with van der Waals surface area (Å²) in [6.45, 7) is 0. The van der Waals surface area contributed by atoms with Gasteiger partial charge in [0.05, 0.1) is 29.6 Å². The monoisotopic (exact) mass is 400 g/mol. The van der Waals surface area contributed by atoms with Crippen molar-refractivity contribution in [1.82, 2.24) is 5.01 Å². The van der Waals surface area contributed by atoms with E-state index in [1.807, 2.05) is 18.2 Å². The second-order valence-corrected chi connectivity index (χ2v) is 8.20. The van der Waals surface area contributed by atoms with Crippen LogP contribution in [0, 0.1) is 29.1 Å². The summed E-state index contributed by atoms with van der Waals surface area (Å²) in [5, 5.41) is 5.31. The van der Waals surface area contributed by atoms with Crippen LogP contribution in [0.1, 0.15) is 18.4 Å². The Morgan fingerprint density at radius 1 is 1.20 bits per heavy atom. The van der Waals surface area contributed by atoms with Gasteiger partial charge in [0.1, 0.15) is 5.75 Å². The number of allylic oxidation sites excluding steroid dienone is 2. The third kappa shape index (κ3) is 1.91. The summed E-state index contributed by atoms with van der Waals surface area (Å²) in [6, 6.07) is 5.50. The van der Waals surface area contributed by atoms with Crippen molar-refractivity contribution >= 4 is 34.0 Å². The molecule has 1 saturated heterocycles. The van der Waals surface area contributed by atoms with Crippen molar-refractivity contribution in [1.29, 1.82) is 0 Å². The highest BCUT2D eigenvalue weighted by atomic mass is 79.9. The zero-order valence-electron chi connectivity index (χ0n) is 13.7. The van der Waals surface area contributed by atoms with Gasteiger partial charge < -0.3 is 4.74 Å². The van der Waals surface area contributed by atoms with Crippen molar-refractivity contribution in [3.05, 3.63) is 40.4 Å². The lowest BCUT2D eigenvalue weighted by atomic mass is 9.85. The Kier molecular flexibility index (Phi) is 3.08. The van der Waals surface area contributed by atoms with Crippen LogP contribution in [-0.2, 0) is 9.59 Å². The van der Waals surface area contributed by atoms with Gasteiger partial charge in [-0.15, -0.1) is 0 Å². The van der Waals surface area contributed by atoms with Gasteiger partial charge in [0.15, 0.2) is 0 Å². The minimum atomic E-state index is -0.204. The average Bonchev–Trinajstić information content (AvgIpc) is 3.20. The van der Waals surface area contributed by atoms with Crippen molar-refractivity contribution in [3.63, 3.8) is 0 Å². The summed E-state index contributed by atoms with van der Waals surface area (Å²) in [4.78, 5) is 25.6. The van der Waals surface area contributed by atoms with Crippen molar-refractivity contribution in [3.8, 4) is 5.75 Å². The highest BCUT2D eigenvalue weighted by Crippen LogP contribution is 2.73.